The molecule has 3 aromatic rings. The number of halogens is 1. The molecule has 0 spiro atoms. The molecule has 10 heteroatoms. The standard InChI is InChI=1S/C27H33ClN4O4S/c1-8-13-32-25(17(2)36-19-11-9-18(10-12-19)27(3,4)5)30-31-26(32)37-16-24(33)29-21-15-22(34-6)20(28)14-23(21)35-7/h8-12,14-15,17H,1,13,16H2,2-7H3,(H,29,33). The first-order valence-corrected chi connectivity index (χ1v) is 13.1. The Morgan fingerprint density at radius 3 is 2.43 bits per heavy atom. The maximum atomic E-state index is 12.7. The van der Waals surface area contributed by atoms with Gasteiger partial charge in [0.2, 0.25) is 5.91 Å². The number of anilines is 1. The molecule has 37 heavy (non-hydrogen) atoms. The lowest BCUT2D eigenvalue weighted by Gasteiger charge is -2.20. The molecule has 0 aliphatic carbocycles. The third-order valence-corrected chi connectivity index (χ3v) is 6.80. The van der Waals surface area contributed by atoms with Gasteiger partial charge in [-0.25, -0.2) is 0 Å². The van der Waals surface area contributed by atoms with Gasteiger partial charge in [-0.3, -0.25) is 9.36 Å². The molecule has 3 rings (SSSR count). The van der Waals surface area contributed by atoms with E-state index in [0.717, 1.165) is 5.75 Å². The zero-order valence-corrected chi connectivity index (χ0v) is 23.6. The molecule has 8 nitrogen and oxygen atoms in total. The van der Waals surface area contributed by atoms with E-state index in [1.54, 1.807) is 18.2 Å². The number of hydrogen-bond donors (Lipinski definition) is 1. The topological polar surface area (TPSA) is 87.5 Å². The number of carbonyl (C=O) groups is 1. The summed E-state index contributed by atoms with van der Waals surface area (Å²) in [6.45, 7) is 12.8. The fourth-order valence-corrected chi connectivity index (χ4v) is 4.56. The Bertz CT molecular complexity index is 1240. The van der Waals surface area contributed by atoms with Crippen LogP contribution in [0.4, 0.5) is 5.69 Å². The van der Waals surface area contributed by atoms with Crippen LogP contribution in [0.1, 0.15) is 45.2 Å². The number of methoxy groups -OCH3 is 2. The Morgan fingerprint density at radius 2 is 1.84 bits per heavy atom. The van der Waals surface area contributed by atoms with Crippen molar-refractivity contribution in [1.82, 2.24) is 14.8 Å². The smallest absolute Gasteiger partial charge is 0.234 e. The van der Waals surface area contributed by atoms with Crippen molar-refractivity contribution in [2.75, 3.05) is 25.3 Å². The molecule has 0 radical (unpaired) electrons. The van der Waals surface area contributed by atoms with Gasteiger partial charge >= 0.3 is 0 Å². The SMILES string of the molecule is C=CCn1c(SCC(=O)Nc2cc(OC)c(Cl)cc2OC)nnc1C(C)Oc1ccc(C(C)(C)C)cc1. The van der Waals surface area contributed by atoms with E-state index in [4.69, 9.17) is 25.8 Å². The number of amides is 1. The lowest BCUT2D eigenvalue weighted by atomic mass is 9.87. The monoisotopic (exact) mass is 544 g/mol. The van der Waals surface area contributed by atoms with Crippen molar-refractivity contribution in [3.05, 3.63) is 65.5 Å². The second-order valence-corrected chi connectivity index (χ2v) is 10.6. The molecule has 1 atom stereocenters. The Morgan fingerprint density at radius 1 is 1.16 bits per heavy atom. The number of nitrogens with one attached hydrogen (secondary N) is 1. The average molecular weight is 545 g/mol. The van der Waals surface area contributed by atoms with E-state index in [2.05, 4.69) is 55.0 Å². The summed E-state index contributed by atoms with van der Waals surface area (Å²) >= 11 is 7.42. The highest BCUT2D eigenvalue weighted by Crippen LogP contribution is 2.36. The van der Waals surface area contributed by atoms with Gasteiger partial charge in [0.25, 0.3) is 0 Å². The maximum absolute atomic E-state index is 12.7. The minimum atomic E-state index is -0.359. The van der Waals surface area contributed by atoms with E-state index < -0.39 is 0 Å². The zero-order chi connectivity index (χ0) is 27.2. The van der Waals surface area contributed by atoms with E-state index in [1.807, 2.05) is 23.6 Å². The van der Waals surface area contributed by atoms with Crippen LogP contribution in [0, 0.1) is 0 Å². The molecule has 198 valence electrons. The first-order valence-electron chi connectivity index (χ1n) is 11.7. The molecule has 1 aromatic heterocycles. The van der Waals surface area contributed by atoms with Crippen LogP contribution in [0.25, 0.3) is 0 Å². The van der Waals surface area contributed by atoms with Gasteiger partial charge < -0.3 is 19.5 Å². The highest BCUT2D eigenvalue weighted by atomic mass is 35.5. The highest BCUT2D eigenvalue weighted by Gasteiger charge is 2.21. The summed E-state index contributed by atoms with van der Waals surface area (Å²) in [6, 6.07) is 11.3. The molecule has 1 N–H and O–H groups in total. The summed E-state index contributed by atoms with van der Waals surface area (Å²) in [5.74, 6) is 2.12. The third kappa shape index (κ3) is 7.20. The van der Waals surface area contributed by atoms with Crippen molar-refractivity contribution >= 4 is 35.0 Å². The second-order valence-electron chi connectivity index (χ2n) is 9.30. The van der Waals surface area contributed by atoms with Crippen LogP contribution in [-0.2, 0) is 16.8 Å². The minimum Gasteiger partial charge on any atom is -0.495 e. The number of benzene rings is 2. The van der Waals surface area contributed by atoms with Crippen molar-refractivity contribution in [1.29, 1.82) is 0 Å². The summed E-state index contributed by atoms with van der Waals surface area (Å²) in [6.07, 6.45) is 1.40. The summed E-state index contributed by atoms with van der Waals surface area (Å²) in [4.78, 5) is 12.7. The Kier molecular flexibility index (Phi) is 9.50. The lowest BCUT2D eigenvalue weighted by molar-refractivity contribution is -0.113. The van der Waals surface area contributed by atoms with Crippen LogP contribution in [0.3, 0.4) is 0 Å². The van der Waals surface area contributed by atoms with E-state index in [9.17, 15) is 4.79 Å². The molecule has 0 bridgehead atoms. The number of hydrogen-bond acceptors (Lipinski definition) is 7. The molecular formula is C27H33ClN4O4S. The van der Waals surface area contributed by atoms with Crippen LogP contribution in [0.5, 0.6) is 17.2 Å². The van der Waals surface area contributed by atoms with Crippen molar-refractivity contribution in [3.63, 3.8) is 0 Å². The van der Waals surface area contributed by atoms with Gasteiger partial charge in [-0.2, -0.15) is 0 Å². The van der Waals surface area contributed by atoms with Gasteiger partial charge in [-0.05, 0) is 30.0 Å². The van der Waals surface area contributed by atoms with Gasteiger partial charge in [0, 0.05) is 18.7 Å². The predicted octanol–water partition coefficient (Wildman–Crippen LogP) is 6.30. The summed E-state index contributed by atoms with van der Waals surface area (Å²) in [5, 5.41) is 12.5. The van der Waals surface area contributed by atoms with Crippen LogP contribution >= 0.6 is 23.4 Å². The van der Waals surface area contributed by atoms with Crippen LogP contribution in [0.2, 0.25) is 5.02 Å². The molecule has 0 saturated carbocycles. The number of ether oxygens (including phenoxy) is 3. The van der Waals surface area contributed by atoms with E-state index >= 15 is 0 Å². The predicted molar refractivity (Wildman–Crippen MR) is 148 cm³/mol. The summed E-state index contributed by atoms with van der Waals surface area (Å²) in [7, 11) is 3.01. The van der Waals surface area contributed by atoms with Crippen molar-refractivity contribution in [2.45, 2.75) is 50.9 Å². The third-order valence-electron chi connectivity index (χ3n) is 5.53. The minimum absolute atomic E-state index is 0.0669. The fourth-order valence-electron chi connectivity index (χ4n) is 3.57. The summed E-state index contributed by atoms with van der Waals surface area (Å²) in [5.41, 5.74) is 1.76. The van der Waals surface area contributed by atoms with Crippen molar-refractivity contribution in [3.8, 4) is 17.2 Å². The molecule has 1 amide bonds. The molecule has 1 unspecified atom stereocenters. The van der Waals surface area contributed by atoms with Crippen molar-refractivity contribution < 1.29 is 19.0 Å². The average Bonchev–Trinajstić information content (AvgIpc) is 3.26. The normalized spacial score (nSPS) is 12.1. The molecule has 0 aliphatic heterocycles. The highest BCUT2D eigenvalue weighted by molar-refractivity contribution is 7.99. The number of allylic oxidation sites excluding steroid dienone is 1. The molecule has 0 aliphatic rings. The first-order chi connectivity index (χ1) is 17.6. The molecule has 0 saturated heterocycles. The Labute approximate surface area is 227 Å². The van der Waals surface area contributed by atoms with Gasteiger partial charge in [-0.1, -0.05) is 62.3 Å². The van der Waals surface area contributed by atoms with E-state index in [-0.39, 0.29) is 23.2 Å². The second kappa shape index (κ2) is 12.4. The largest absolute Gasteiger partial charge is 0.495 e. The maximum Gasteiger partial charge on any atom is 0.234 e. The van der Waals surface area contributed by atoms with Gasteiger partial charge in [0.1, 0.15) is 17.2 Å². The lowest BCUT2D eigenvalue weighted by Crippen LogP contribution is -2.16. The fraction of sp³-hybridized carbons (Fsp3) is 0.370. The van der Waals surface area contributed by atoms with Gasteiger partial charge in [0.05, 0.1) is 30.7 Å². The summed E-state index contributed by atoms with van der Waals surface area (Å²) < 4.78 is 18.6. The number of nitrogens with zero attached hydrogens (tertiary/aromatic N) is 3. The number of carbonyl (C=O) groups excluding carboxylic acids is 1. The van der Waals surface area contributed by atoms with E-state index in [0.29, 0.717) is 39.7 Å². The molecule has 0 fully saturated rings. The van der Waals surface area contributed by atoms with E-state index in [1.165, 1.54) is 31.5 Å². The zero-order valence-electron chi connectivity index (χ0n) is 22.0. The number of rotatable bonds is 11. The first kappa shape index (κ1) is 28.4. The van der Waals surface area contributed by atoms with Gasteiger partial charge in [-0.15, -0.1) is 16.8 Å². The molecule has 1 heterocycles. The van der Waals surface area contributed by atoms with Gasteiger partial charge in [0.15, 0.2) is 17.1 Å². The van der Waals surface area contributed by atoms with Crippen LogP contribution in [0.15, 0.2) is 54.2 Å². The Hall–Kier alpha value is -3.17. The van der Waals surface area contributed by atoms with Crippen molar-refractivity contribution in [2.24, 2.45) is 0 Å². The Balaban J connectivity index is 1.69. The van der Waals surface area contributed by atoms with Crippen LogP contribution in [-0.4, -0.2) is 40.6 Å². The molecule has 2 aromatic carbocycles. The number of aromatic nitrogens is 3. The quantitative estimate of drug-likeness (QED) is 0.224. The number of thioether (sulfide) groups is 1. The molecular weight excluding hydrogens is 512 g/mol. The van der Waals surface area contributed by atoms with Crippen LogP contribution < -0.4 is 19.5 Å².